The number of rotatable bonds is 4. The first-order valence-electron chi connectivity index (χ1n) is 7.95. The van der Waals surface area contributed by atoms with Gasteiger partial charge in [0.15, 0.2) is 0 Å². The Morgan fingerprint density at radius 2 is 2.22 bits per heavy atom. The zero-order valence-corrected chi connectivity index (χ0v) is 13.4. The summed E-state index contributed by atoms with van der Waals surface area (Å²) in [4.78, 5) is 4.42. The van der Waals surface area contributed by atoms with Crippen molar-refractivity contribution < 1.29 is 4.74 Å². The Labute approximate surface area is 135 Å². The fourth-order valence-corrected chi connectivity index (χ4v) is 3.29. The molecule has 2 atom stereocenters. The van der Waals surface area contributed by atoms with Gasteiger partial charge in [-0.2, -0.15) is 5.10 Å². The Morgan fingerprint density at radius 3 is 3.04 bits per heavy atom. The van der Waals surface area contributed by atoms with Gasteiger partial charge in [0, 0.05) is 39.5 Å². The monoisotopic (exact) mass is 311 g/mol. The van der Waals surface area contributed by atoms with E-state index in [1.54, 1.807) is 0 Å². The lowest BCUT2D eigenvalue weighted by Gasteiger charge is -2.20. The Kier molecular flexibility index (Phi) is 3.63. The van der Waals surface area contributed by atoms with Crippen LogP contribution >= 0.6 is 0 Å². The highest BCUT2D eigenvalue weighted by molar-refractivity contribution is 5.75. The van der Waals surface area contributed by atoms with Gasteiger partial charge in [-0.05, 0) is 30.2 Å². The number of hydrogen-bond donors (Lipinski definition) is 1. The van der Waals surface area contributed by atoms with Crippen molar-refractivity contribution in [2.75, 3.05) is 6.61 Å². The molecule has 0 aliphatic carbocycles. The molecular formula is C17H21N5O. The summed E-state index contributed by atoms with van der Waals surface area (Å²) >= 11 is 0. The quantitative estimate of drug-likeness (QED) is 0.800. The van der Waals surface area contributed by atoms with E-state index in [-0.39, 0.29) is 6.10 Å². The van der Waals surface area contributed by atoms with Crippen LogP contribution in [0, 0.1) is 0 Å². The van der Waals surface area contributed by atoms with Crippen LogP contribution in [0.1, 0.15) is 23.8 Å². The topological polar surface area (TPSA) is 56.9 Å². The van der Waals surface area contributed by atoms with Crippen LogP contribution < -0.4 is 5.32 Å². The third-order valence-corrected chi connectivity index (χ3v) is 4.60. The molecule has 0 saturated carbocycles. The van der Waals surface area contributed by atoms with E-state index in [9.17, 15) is 0 Å². The summed E-state index contributed by atoms with van der Waals surface area (Å²) in [5.74, 6) is 0. The van der Waals surface area contributed by atoms with Crippen LogP contribution in [0.2, 0.25) is 0 Å². The van der Waals surface area contributed by atoms with Gasteiger partial charge in [-0.25, -0.2) is 4.98 Å². The average molecular weight is 311 g/mol. The molecular weight excluding hydrogens is 290 g/mol. The highest BCUT2D eigenvalue weighted by atomic mass is 16.5. The average Bonchev–Trinajstić information content (AvgIpc) is 3.26. The number of nitrogens with zero attached hydrogens (tertiary/aromatic N) is 4. The molecule has 1 saturated heterocycles. The Bertz CT molecular complexity index is 821. The molecule has 0 amide bonds. The first kappa shape index (κ1) is 14.4. The largest absolute Gasteiger partial charge is 0.370 e. The maximum Gasteiger partial charge on any atom is 0.114 e. The number of ether oxygens (including phenoxy) is 1. The van der Waals surface area contributed by atoms with Gasteiger partial charge >= 0.3 is 0 Å². The van der Waals surface area contributed by atoms with Gasteiger partial charge in [0.05, 0.1) is 23.1 Å². The molecule has 120 valence electrons. The summed E-state index contributed by atoms with van der Waals surface area (Å²) in [6.45, 7) is 1.60. The molecule has 1 aliphatic heterocycles. The van der Waals surface area contributed by atoms with Gasteiger partial charge in [0.25, 0.3) is 0 Å². The summed E-state index contributed by atoms with van der Waals surface area (Å²) in [7, 11) is 3.98. The van der Waals surface area contributed by atoms with Gasteiger partial charge in [-0.1, -0.05) is 6.07 Å². The number of hydrogen-bond acceptors (Lipinski definition) is 4. The Hall–Kier alpha value is -2.18. The van der Waals surface area contributed by atoms with Gasteiger partial charge in [0.1, 0.15) is 6.10 Å². The van der Waals surface area contributed by atoms with E-state index in [0.29, 0.717) is 6.04 Å². The molecule has 3 aromatic rings. The molecule has 3 heterocycles. The van der Waals surface area contributed by atoms with Crippen molar-refractivity contribution in [3.8, 4) is 0 Å². The van der Waals surface area contributed by atoms with E-state index in [4.69, 9.17) is 4.74 Å². The molecule has 0 radical (unpaired) electrons. The zero-order chi connectivity index (χ0) is 15.8. The molecule has 0 bridgehead atoms. The lowest BCUT2D eigenvalue weighted by Crippen LogP contribution is -2.32. The standard InChI is InChI=1S/C17H21N5O/c1-21-11-19-14-9-12(3-4-15(14)21)10-18-13-6-8-23-17(13)16-5-7-20-22(16)2/h3-5,7,9,11,13,17-18H,6,8,10H2,1-2H3/t13-,17-/m0/s1. The third-order valence-electron chi connectivity index (χ3n) is 4.60. The van der Waals surface area contributed by atoms with E-state index in [1.165, 1.54) is 5.56 Å². The normalized spacial score (nSPS) is 21.3. The van der Waals surface area contributed by atoms with Crippen LogP contribution in [-0.4, -0.2) is 32.0 Å². The molecule has 1 aliphatic rings. The van der Waals surface area contributed by atoms with Gasteiger partial charge in [-0.15, -0.1) is 0 Å². The van der Waals surface area contributed by atoms with Crippen molar-refractivity contribution in [3.63, 3.8) is 0 Å². The van der Waals surface area contributed by atoms with E-state index < -0.39 is 0 Å². The molecule has 4 rings (SSSR count). The first-order valence-corrected chi connectivity index (χ1v) is 7.95. The minimum atomic E-state index is 0.0704. The van der Waals surface area contributed by atoms with Crippen molar-refractivity contribution in [3.05, 3.63) is 48.0 Å². The Morgan fingerprint density at radius 1 is 1.30 bits per heavy atom. The summed E-state index contributed by atoms with van der Waals surface area (Å²) in [5, 5.41) is 7.88. The van der Waals surface area contributed by atoms with Crippen molar-refractivity contribution in [2.24, 2.45) is 14.1 Å². The molecule has 6 heteroatoms. The van der Waals surface area contributed by atoms with Crippen molar-refractivity contribution >= 4 is 11.0 Å². The summed E-state index contributed by atoms with van der Waals surface area (Å²) in [5.41, 5.74) is 4.57. The molecule has 1 aromatic carbocycles. The Balaban J connectivity index is 1.47. The van der Waals surface area contributed by atoms with Crippen LogP contribution in [0.15, 0.2) is 36.8 Å². The van der Waals surface area contributed by atoms with Crippen molar-refractivity contribution in [2.45, 2.75) is 25.1 Å². The minimum absolute atomic E-state index is 0.0704. The molecule has 1 fully saturated rings. The van der Waals surface area contributed by atoms with Crippen molar-refractivity contribution in [1.82, 2.24) is 24.6 Å². The zero-order valence-electron chi connectivity index (χ0n) is 13.4. The lowest BCUT2D eigenvalue weighted by molar-refractivity contribution is 0.0919. The first-order chi connectivity index (χ1) is 11.2. The van der Waals surface area contributed by atoms with E-state index in [2.05, 4.69) is 33.6 Å². The SMILES string of the molecule is Cn1nccc1[C@H]1OCC[C@@H]1NCc1ccc2c(c1)ncn2C. The molecule has 6 nitrogen and oxygen atoms in total. The van der Waals surface area contributed by atoms with Gasteiger partial charge in [0.2, 0.25) is 0 Å². The van der Waals surface area contributed by atoms with Crippen LogP contribution in [0.25, 0.3) is 11.0 Å². The number of fused-ring (bicyclic) bond motifs is 1. The smallest absolute Gasteiger partial charge is 0.114 e. The molecule has 2 aromatic heterocycles. The number of imidazole rings is 1. The van der Waals surface area contributed by atoms with Crippen molar-refractivity contribution in [1.29, 1.82) is 0 Å². The summed E-state index contributed by atoms with van der Waals surface area (Å²) in [6, 6.07) is 8.78. The maximum absolute atomic E-state index is 5.91. The second kappa shape index (κ2) is 5.79. The van der Waals surface area contributed by atoms with Crippen LogP contribution in [-0.2, 0) is 25.4 Å². The highest BCUT2D eigenvalue weighted by Gasteiger charge is 2.31. The second-order valence-electron chi connectivity index (χ2n) is 6.13. The lowest BCUT2D eigenvalue weighted by atomic mass is 10.1. The van der Waals surface area contributed by atoms with Gasteiger partial charge in [-0.3, -0.25) is 4.68 Å². The number of aromatic nitrogens is 4. The fourth-order valence-electron chi connectivity index (χ4n) is 3.29. The van der Waals surface area contributed by atoms with Crippen LogP contribution in [0.5, 0.6) is 0 Å². The van der Waals surface area contributed by atoms with E-state index >= 15 is 0 Å². The maximum atomic E-state index is 5.91. The number of aryl methyl sites for hydroxylation is 2. The molecule has 0 unspecified atom stereocenters. The molecule has 0 spiro atoms. The number of benzene rings is 1. The second-order valence-corrected chi connectivity index (χ2v) is 6.13. The van der Waals surface area contributed by atoms with Crippen LogP contribution in [0.4, 0.5) is 0 Å². The van der Waals surface area contributed by atoms with E-state index in [1.807, 2.05) is 41.9 Å². The minimum Gasteiger partial charge on any atom is -0.370 e. The van der Waals surface area contributed by atoms with Gasteiger partial charge < -0.3 is 14.6 Å². The third kappa shape index (κ3) is 2.64. The fraction of sp³-hybridized carbons (Fsp3) is 0.412. The molecule has 23 heavy (non-hydrogen) atoms. The predicted molar refractivity (Wildman–Crippen MR) is 87.9 cm³/mol. The predicted octanol–water partition coefficient (Wildman–Crippen LogP) is 1.93. The summed E-state index contributed by atoms with van der Waals surface area (Å²) in [6.07, 6.45) is 4.76. The highest BCUT2D eigenvalue weighted by Crippen LogP contribution is 2.29. The van der Waals surface area contributed by atoms with Crippen LogP contribution in [0.3, 0.4) is 0 Å². The van der Waals surface area contributed by atoms with E-state index in [0.717, 1.165) is 36.3 Å². The summed E-state index contributed by atoms with van der Waals surface area (Å²) < 4.78 is 9.84. The number of nitrogens with one attached hydrogen (secondary N) is 1. The molecule has 1 N–H and O–H groups in total.